The van der Waals surface area contributed by atoms with Gasteiger partial charge in [0.15, 0.2) is 6.61 Å². The Bertz CT molecular complexity index is 968. The molecule has 7 heteroatoms. The Morgan fingerprint density at radius 1 is 1.12 bits per heavy atom. The van der Waals surface area contributed by atoms with Gasteiger partial charge in [0.25, 0.3) is 5.91 Å². The molecule has 0 radical (unpaired) electrons. The molecule has 3 rings (SSSR count). The van der Waals surface area contributed by atoms with E-state index in [0.717, 1.165) is 21.6 Å². The first-order valence-electron chi connectivity index (χ1n) is 7.34. The van der Waals surface area contributed by atoms with Crippen LogP contribution in [0.25, 0.3) is 10.1 Å². The van der Waals surface area contributed by atoms with Gasteiger partial charge in [-0.15, -0.1) is 11.3 Å². The second-order valence-corrected chi connectivity index (χ2v) is 6.48. The Morgan fingerprint density at radius 2 is 1.92 bits per heavy atom. The van der Waals surface area contributed by atoms with E-state index >= 15 is 0 Å². The molecule has 1 amide bonds. The fraction of sp³-hybridized carbons (Fsp3) is 0.111. The van der Waals surface area contributed by atoms with Gasteiger partial charge in [0, 0.05) is 4.70 Å². The monoisotopic (exact) mass is 361 g/mol. The van der Waals surface area contributed by atoms with Crippen molar-refractivity contribution < 1.29 is 23.1 Å². The lowest BCUT2D eigenvalue weighted by molar-refractivity contribution is -0.119. The summed E-state index contributed by atoms with van der Waals surface area (Å²) in [5.74, 6) is -2.31. The van der Waals surface area contributed by atoms with Gasteiger partial charge in [-0.3, -0.25) is 4.79 Å². The number of aryl methyl sites for hydroxylation is 1. The Hall–Kier alpha value is -2.80. The number of carbonyl (C=O) groups is 2. The van der Waals surface area contributed by atoms with Crippen LogP contribution in [0.15, 0.2) is 42.5 Å². The molecule has 1 aromatic heterocycles. The predicted octanol–water partition coefficient (Wildman–Crippen LogP) is 4.28. The number of esters is 1. The Morgan fingerprint density at radius 3 is 2.68 bits per heavy atom. The quantitative estimate of drug-likeness (QED) is 0.706. The molecule has 0 atom stereocenters. The predicted molar refractivity (Wildman–Crippen MR) is 91.8 cm³/mol. The number of halogens is 2. The lowest BCUT2D eigenvalue weighted by atomic mass is 10.2. The fourth-order valence-electron chi connectivity index (χ4n) is 2.22. The maximum absolute atomic E-state index is 13.7. The summed E-state index contributed by atoms with van der Waals surface area (Å²) in [6.45, 7) is 1.18. The molecule has 0 saturated carbocycles. The van der Waals surface area contributed by atoms with Crippen molar-refractivity contribution >= 4 is 39.0 Å². The highest BCUT2D eigenvalue weighted by Gasteiger charge is 2.15. The van der Waals surface area contributed by atoms with Gasteiger partial charge in [-0.1, -0.05) is 6.07 Å². The summed E-state index contributed by atoms with van der Waals surface area (Å²) in [5, 5.41) is 2.93. The van der Waals surface area contributed by atoms with Gasteiger partial charge in [-0.2, -0.15) is 0 Å². The van der Waals surface area contributed by atoms with Crippen molar-refractivity contribution in [2.45, 2.75) is 6.92 Å². The van der Waals surface area contributed by atoms with Crippen LogP contribution in [0.3, 0.4) is 0 Å². The molecule has 25 heavy (non-hydrogen) atoms. The molecule has 0 aliphatic rings. The van der Waals surface area contributed by atoms with E-state index in [1.165, 1.54) is 30.3 Å². The number of nitrogens with one attached hydrogen (secondary N) is 1. The summed E-state index contributed by atoms with van der Waals surface area (Å²) >= 11 is 1.14. The Labute approximate surface area is 146 Å². The second-order valence-electron chi connectivity index (χ2n) is 5.40. The molecule has 0 saturated heterocycles. The van der Waals surface area contributed by atoms with Crippen LogP contribution in [0.5, 0.6) is 0 Å². The summed E-state index contributed by atoms with van der Waals surface area (Å²) < 4.78 is 32.5. The highest BCUT2D eigenvalue weighted by molar-refractivity contribution is 7.20. The zero-order valence-corrected chi connectivity index (χ0v) is 14.0. The third-order valence-corrected chi connectivity index (χ3v) is 4.51. The number of amides is 1. The number of fused-ring (bicyclic) bond motifs is 1. The average Bonchev–Trinajstić information content (AvgIpc) is 2.98. The summed E-state index contributed by atoms with van der Waals surface area (Å²) in [5.41, 5.74) is 0.743. The lowest BCUT2D eigenvalue weighted by Gasteiger charge is -2.07. The number of rotatable bonds is 4. The molecule has 2 aromatic carbocycles. The van der Waals surface area contributed by atoms with E-state index in [1.54, 1.807) is 19.1 Å². The van der Waals surface area contributed by atoms with E-state index in [0.29, 0.717) is 5.39 Å². The van der Waals surface area contributed by atoms with E-state index in [2.05, 4.69) is 5.32 Å². The van der Waals surface area contributed by atoms with E-state index in [4.69, 9.17) is 4.74 Å². The third kappa shape index (κ3) is 4.00. The van der Waals surface area contributed by atoms with Crippen molar-refractivity contribution in [2.75, 3.05) is 11.9 Å². The van der Waals surface area contributed by atoms with Crippen LogP contribution < -0.4 is 5.32 Å². The Balaban J connectivity index is 1.61. The summed E-state index contributed by atoms with van der Waals surface area (Å²) in [4.78, 5) is 24.1. The first-order valence-corrected chi connectivity index (χ1v) is 8.16. The molecule has 0 unspecified atom stereocenters. The zero-order valence-electron chi connectivity index (χ0n) is 13.1. The fourth-order valence-corrected chi connectivity index (χ4v) is 3.16. The molecule has 128 valence electrons. The smallest absolute Gasteiger partial charge is 0.348 e. The number of thiophene rings is 1. The molecule has 3 aromatic rings. The molecule has 0 bridgehead atoms. The maximum Gasteiger partial charge on any atom is 0.348 e. The molecular formula is C18H13F2NO3S. The van der Waals surface area contributed by atoms with Crippen molar-refractivity contribution in [3.63, 3.8) is 0 Å². The number of benzene rings is 2. The minimum Gasteiger partial charge on any atom is -0.451 e. The Kier molecular flexibility index (Phi) is 4.76. The van der Waals surface area contributed by atoms with Gasteiger partial charge < -0.3 is 10.1 Å². The van der Waals surface area contributed by atoms with Gasteiger partial charge in [0.1, 0.15) is 16.5 Å². The number of carbonyl (C=O) groups excluding carboxylic acids is 2. The lowest BCUT2D eigenvalue weighted by Crippen LogP contribution is -2.21. The van der Waals surface area contributed by atoms with Gasteiger partial charge in [0.05, 0.1) is 5.69 Å². The SMILES string of the molecule is Cc1ccc(NC(=O)COC(=O)c2cc3cc(F)ccc3s2)c(F)c1. The van der Waals surface area contributed by atoms with Gasteiger partial charge in [-0.25, -0.2) is 13.6 Å². The van der Waals surface area contributed by atoms with Crippen molar-refractivity contribution in [1.29, 1.82) is 0 Å². The molecule has 0 aliphatic heterocycles. The standard InChI is InChI=1S/C18H13F2NO3S/c1-10-2-4-14(13(20)6-10)21-17(22)9-24-18(23)16-8-11-7-12(19)3-5-15(11)25-16/h2-8H,9H2,1H3,(H,21,22). The van der Waals surface area contributed by atoms with E-state index in [9.17, 15) is 18.4 Å². The highest BCUT2D eigenvalue weighted by Crippen LogP contribution is 2.26. The first kappa shape index (κ1) is 17.0. The maximum atomic E-state index is 13.7. The first-order chi connectivity index (χ1) is 11.9. The molecule has 0 aliphatic carbocycles. The van der Waals surface area contributed by atoms with Gasteiger partial charge in [0.2, 0.25) is 0 Å². The van der Waals surface area contributed by atoms with E-state index in [-0.39, 0.29) is 10.6 Å². The van der Waals surface area contributed by atoms with E-state index in [1.807, 2.05) is 0 Å². The number of hydrogen-bond donors (Lipinski definition) is 1. The minimum atomic E-state index is -0.693. The van der Waals surface area contributed by atoms with Crippen LogP contribution in [0.2, 0.25) is 0 Å². The summed E-state index contributed by atoms with van der Waals surface area (Å²) in [6.07, 6.45) is 0. The van der Waals surface area contributed by atoms with Crippen LogP contribution in [-0.2, 0) is 9.53 Å². The average molecular weight is 361 g/mol. The van der Waals surface area contributed by atoms with Gasteiger partial charge >= 0.3 is 5.97 Å². The molecule has 0 spiro atoms. The molecule has 1 N–H and O–H groups in total. The van der Waals surface area contributed by atoms with Crippen LogP contribution in [0, 0.1) is 18.6 Å². The normalized spacial score (nSPS) is 10.7. The third-order valence-electron chi connectivity index (χ3n) is 3.41. The van der Waals surface area contributed by atoms with Crippen LogP contribution in [-0.4, -0.2) is 18.5 Å². The van der Waals surface area contributed by atoms with Crippen LogP contribution in [0.4, 0.5) is 14.5 Å². The molecule has 0 fully saturated rings. The van der Waals surface area contributed by atoms with Crippen molar-refractivity contribution in [1.82, 2.24) is 0 Å². The molecule has 4 nitrogen and oxygen atoms in total. The summed E-state index contributed by atoms with van der Waals surface area (Å²) in [7, 11) is 0. The van der Waals surface area contributed by atoms with Crippen molar-refractivity contribution in [3.05, 3.63) is 64.5 Å². The van der Waals surface area contributed by atoms with Crippen LogP contribution >= 0.6 is 11.3 Å². The van der Waals surface area contributed by atoms with E-state index < -0.39 is 30.1 Å². The summed E-state index contributed by atoms with van der Waals surface area (Å²) in [6, 6.07) is 10.1. The molecule has 1 heterocycles. The number of ether oxygens (including phenoxy) is 1. The number of anilines is 1. The van der Waals surface area contributed by atoms with Crippen molar-refractivity contribution in [2.24, 2.45) is 0 Å². The largest absolute Gasteiger partial charge is 0.451 e. The van der Waals surface area contributed by atoms with Crippen LogP contribution in [0.1, 0.15) is 15.2 Å². The molecular weight excluding hydrogens is 348 g/mol. The zero-order chi connectivity index (χ0) is 18.0. The minimum absolute atomic E-state index is 0.0176. The van der Waals surface area contributed by atoms with Crippen molar-refractivity contribution in [3.8, 4) is 0 Å². The van der Waals surface area contributed by atoms with Gasteiger partial charge in [-0.05, 0) is 54.3 Å². The number of hydrogen-bond acceptors (Lipinski definition) is 4. The highest BCUT2D eigenvalue weighted by atomic mass is 32.1. The topological polar surface area (TPSA) is 55.4 Å². The second kappa shape index (κ2) is 6.98.